The largest absolute Gasteiger partial charge is 0.480 e. The second-order valence-electron chi connectivity index (χ2n) is 4.97. The molecule has 1 aromatic carbocycles. The first-order valence-electron chi connectivity index (χ1n) is 5.87. The summed E-state index contributed by atoms with van der Waals surface area (Å²) in [5.41, 5.74) is 5.88. The minimum atomic E-state index is -0.968. The molecule has 0 aromatic heterocycles. The van der Waals surface area contributed by atoms with Crippen molar-refractivity contribution in [3.05, 3.63) is 35.4 Å². The van der Waals surface area contributed by atoms with E-state index in [1.54, 1.807) is 12.1 Å². The molecule has 0 amide bonds. The minimum absolute atomic E-state index is 0.266. The lowest BCUT2D eigenvalue weighted by Crippen LogP contribution is -2.23. The summed E-state index contributed by atoms with van der Waals surface area (Å²) in [6.07, 6.45) is 0. The van der Waals surface area contributed by atoms with Crippen molar-refractivity contribution in [2.24, 2.45) is 5.73 Å². The third-order valence-electron chi connectivity index (χ3n) is 1.86. The Morgan fingerprint density at radius 3 is 1.95 bits per heavy atom. The van der Waals surface area contributed by atoms with Crippen LogP contribution in [-0.4, -0.2) is 29.2 Å². The minimum Gasteiger partial charge on any atom is -0.480 e. The summed E-state index contributed by atoms with van der Waals surface area (Å²) in [5, 5.41) is 7.60. The Morgan fingerprint density at radius 1 is 1.21 bits per heavy atom. The molecule has 1 aromatic rings. The number of ether oxygens (including phenoxy) is 1. The van der Waals surface area contributed by atoms with E-state index in [0.29, 0.717) is 5.56 Å². The fourth-order valence-corrected chi connectivity index (χ4v) is 1.03. The van der Waals surface area contributed by atoms with Crippen molar-refractivity contribution in [2.45, 2.75) is 33.3 Å². The van der Waals surface area contributed by atoms with Crippen LogP contribution in [0.25, 0.3) is 0 Å². The van der Waals surface area contributed by atoms with Crippen LogP contribution in [0.15, 0.2) is 24.3 Å². The Balaban J connectivity index is 0.000000555. The highest BCUT2D eigenvalue weighted by Gasteiger charge is 2.17. The highest BCUT2D eigenvalue weighted by molar-refractivity contribution is 5.89. The van der Waals surface area contributed by atoms with E-state index in [2.05, 4.69) is 5.73 Å². The van der Waals surface area contributed by atoms with Crippen LogP contribution in [0.3, 0.4) is 0 Å². The van der Waals surface area contributed by atoms with Gasteiger partial charge in [-0.25, -0.2) is 4.79 Å². The van der Waals surface area contributed by atoms with E-state index < -0.39 is 11.6 Å². The van der Waals surface area contributed by atoms with E-state index in [-0.39, 0.29) is 12.5 Å². The topological polar surface area (TPSA) is 89.6 Å². The van der Waals surface area contributed by atoms with E-state index in [1.165, 1.54) is 0 Å². The van der Waals surface area contributed by atoms with E-state index in [4.69, 9.17) is 9.84 Å². The molecular formula is C14H21NO4. The molecule has 0 unspecified atom stereocenters. The van der Waals surface area contributed by atoms with Gasteiger partial charge in [-0.2, -0.15) is 0 Å². The third kappa shape index (κ3) is 8.79. The zero-order valence-corrected chi connectivity index (χ0v) is 11.8. The zero-order valence-electron chi connectivity index (χ0n) is 11.8. The van der Waals surface area contributed by atoms with Gasteiger partial charge in [-0.3, -0.25) is 4.79 Å². The highest BCUT2D eigenvalue weighted by Crippen LogP contribution is 2.12. The van der Waals surface area contributed by atoms with Gasteiger partial charge in [-0.05, 0) is 39.8 Å². The van der Waals surface area contributed by atoms with Gasteiger partial charge in [0, 0.05) is 0 Å². The van der Waals surface area contributed by atoms with Crippen molar-refractivity contribution in [1.29, 1.82) is 0 Å². The summed E-state index contributed by atoms with van der Waals surface area (Å²) in [7, 11) is 0. The van der Waals surface area contributed by atoms with Crippen molar-refractivity contribution in [3.8, 4) is 0 Å². The van der Waals surface area contributed by atoms with Crippen LogP contribution >= 0.6 is 0 Å². The van der Waals surface area contributed by atoms with Crippen molar-refractivity contribution in [2.75, 3.05) is 6.54 Å². The van der Waals surface area contributed by atoms with Crippen LogP contribution in [0, 0.1) is 6.92 Å². The molecule has 0 saturated heterocycles. The molecule has 19 heavy (non-hydrogen) atoms. The molecule has 0 atom stereocenters. The monoisotopic (exact) mass is 267 g/mol. The summed E-state index contributed by atoms with van der Waals surface area (Å²) in [6.45, 7) is 7.29. The number of esters is 1. The van der Waals surface area contributed by atoms with Crippen LogP contribution in [0.5, 0.6) is 0 Å². The average Bonchev–Trinajstić information content (AvgIpc) is 2.28. The van der Waals surface area contributed by atoms with Crippen molar-refractivity contribution >= 4 is 11.9 Å². The van der Waals surface area contributed by atoms with Crippen molar-refractivity contribution in [1.82, 2.24) is 0 Å². The predicted octanol–water partition coefficient (Wildman–Crippen LogP) is 1.98. The normalized spacial score (nSPS) is 10.2. The lowest BCUT2D eigenvalue weighted by Gasteiger charge is -2.19. The van der Waals surface area contributed by atoms with Gasteiger partial charge < -0.3 is 15.6 Å². The standard InChI is InChI=1S/C12H16O2.C2H5NO2/c1-9-5-7-10(8-6-9)11(13)14-12(2,3)4;3-1-2(4)5/h5-8H,1-4H3;1,3H2,(H,4,5). The molecular weight excluding hydrogens is 246 g/mol. The molecule has 0 saturated carbocycles. The van der Waals surface area contributed by atoms with Gasteiger partial charge in [-0.1, -0.05) is 17.7 Å². The Bertz CT molecular complexity index is 418. The second-order valence-corrected chi connectivity index (χ2v) is 4.97. The number of carbonyl (C=O) groups excluding carboxylic acids is 1. The number of aryl methyl sites for hydroxylation is 1. The van der Waals surface area contributed by atoms with Crippen LogP contribution in [0.1, 0.15) is 36.7 Å². The molecule has 0 heterocycles. The molecule has 3 N–H and O–H groups in total. The lowest BCUT2D eigenvalue weighted by atomic mass is 10.1. The van der Waals surface area contributed by atoms with E-state index in [1.807, 2.05) is 39.8 Å². The molecule has 1 rings (SSSR count). The number of hydrogen-bond acceptors (Lipinski definition) is 4. The number of carbonyl (C=O) groups is 2. The van der Waals surface area contributed by atoms with Crippen LogP contribution in [-0.2, 0) is 9.53 Å². The number of carboxylic acids is 1. The maximum atomic E-state index is 11.5. The molecule has 0 bridgehead atoms. The molecule has 5 heteroatoms. The summed E-state index contributed by atoms with van der Waals surface area (Å²) >= 11 is 0. The Morgan fingerprint density at radius 2 is 1.63 bits per heavy atom. The Kier molecular flexibility index (Phi) is 6.79. The summed E-state index contributed by atoms with van der Waals surface area (Å²) < 4.78 is 5.22. The molecule has 0 radical (unpaired) electrons. The van der Waals surface area contributed by atoms with Crippen LogP contribution in [0.4, 0.5) is 0 Å². The first-order chi connectivity index (χ1) is 8.65. The molecule has 0 aliphatic carbocycles. The maximum absolute atomic E-state index is 11.5. The second kappa shape index (κ2) is 7.53. The zero-order chi connectivity index (χ0) is 15.1. The number of benzene rings is 1. The lowest BCUT2D eigenvalue weighted by molar-refractivity contribution is -0.135. The number of carboxylic acid groups (broad SMARTS) is 1. The Hall–Kier alpha value is -1.88. The summed E-state index contributed by atoms with van der Waals surface area (Å²) in [5.74, 6) is -1.23. The summed E-state index contributed by atoms with van der Waals surface area (Å²) in [6, 6.07) is 7.37. The molecule has 5 nitrogen and oxygen atoms in total. The van der Waals surface area contributed by atoms with E-state index in [0.717, 1.165) is 5.56 Å². The number of nitrogens with two attached hydrogens (primary N) is 1. The molecule has 106 valence electrons. The fraction of sp³-hybridized carbons (Fsp3) is 0.429. The first-order valence-corrected chi connectivity index (χ1v) is 5.87. The van der Waals surface area contributed by atoms with Gasteiger partial charge in [0.05, 0.1) is 12.1 Å². The number of aliphatic carboxylic acids is 1. The van der Waals surface area contributed by atoms with E-state index in [9.17, 15) is 9.59 Å². The van der Waals surface area contributed by atoms with Gasteiger partial charge in [0.15, 0.2) is 0 Å². The number of hydrogen-bond donors (Lipinski definition) is 2. The average molecular weight is 267 g/mol. The van der Waals surface area contributed by atoms with Gasteiger partial charge >= 0.3 is 11.9 Å². The third-order valence-corrected chi connectivity index (χ3v) is 1.86. The van der Waals surface area contributed by atoms with Gasteiger partial charge in [0.2, 0.25) is 0 Å². The molecule has 0 spiro atoms. The van der Waals surface area contributed by atoms with Crippen LogP contribution in [0.2, 0.25) is 0 Å². The van der Waals surface area contributed by atoms with Crippen molar-refractivity contribution < 1.29 is 19.4 Å². The quantitative estimate of drug-likeness (QED) is 0.800. The molecule has 0 aliphatic rings. The Labute approximate surface area is 113 Å². The maximum Gasteiger partial charge on any atom is 0.338 e. The smallest absolute Gasteiger partial charge is 0.338 e. The van der Waals surface area contributed by atoms with Gasteiger partial charge in [0.25, 0.3) is 0 Å². The molecule has 0 aliphatic heterocycles. The highest BCUT2D eigenvalue weighted by atomic mass is 16.6. The van der Waals surface area contributed by atoms with Crippen LogP contribution < -0.4 is 5.73 Å². The predicted molar refractivity (Wildman–Crippen MR) is 73.0 cm³/mol. The van der Waals surface area contributed by atoms with E-state index >= 15 is 0 Å². The summed E-state index contributed by atoms with van der Waals surface area (Å²) in [4.78, 5) is 20.8. The van der Waals surface area contributed by atoms with Gasteiger partial charge in [-0.15, -0.1) is 0 Å². The van der Waals surface area contributed by atoms with Crippen molar-refractivity contribution in [3.63, 3.8) is 0 Å². The SMILES string of the molecule is Cc1ccc(C(=O)OC(C)(C)C)cc1.NCC(=O)O. The fourth-order valence-electron chi connectivity index (χ4n) is 1.03. The number of rotatable bonds is 2. The van der Waals surface area contributed by atoms with Gasteiger partial charge in [0.1, 0.15) is 5.60 Å². The molecule has 0 fully saturated rings. The first kappa shape index (κ1) is 17.1.